The normalized spacial score (nSPS) is 21.0. The maximum absolute atomic E-state index is 13.2. The van der Waals surface area contributed by atoms with Gasteiger partial charge in [-0.1, -0.05) is 43.7 Å². The second kappa shape index (κ2) is 10.2. The Hall–Kier alpha value is -3.52. The molecule has 1 unspecified atom stereocenters. The number of piperidine rings is 2. The predicted octanol–water partition coefficient (Wildman–Crippen LogP) is 3.32. The van der Waals surface area contributed by atoms with Gasteiger partial charge in [0.2, 0.25) is 11.8 Å². The summed E-state index contributed by atoms with van der Waals surface area (Å²) in [7, 11) is 0. The standard InChI is InChI=1S/C28H32N4O4/c1-2-18-12-14-31(15-13-18)17-20-8-6-19(7-9-20)16-29-22-5-3-4-21-25(22)28(36)32(27(21)35)23-10-11-24(33)30-26(23)34/h3-9,18,23,29H,2,10-17H2,1H3,(H,30,33,34). The fourth-order valence-electron chi connectivity index (χ4n) is 5.43. The van der Waals surface area contributed by atoms with Crippen LogP contribution >= 0.6 is 0 Å². The molecule has 188 valence electrons. The zero-order chi connectivity index (χ0) is 25.2. The van der Waals surface area contributed by atoms with E-state index in [0.29, 0.717) is 12.2 Å². The van der Waals surface area contributed by atoms with Crippen LogP contribution < -0.4 is 10.6 Å². The average Bonchev–Trinajstić information content (AvgIpc) is 3.14. The first kappa shape index (κ1) is 24.2. The van der Waals surface area contributed by atoms with Crippen LogP contribution in [0.3, 0.4) is 0 Å². The minimum absolute atomic E-state index is 0.0991. The van der Waals surface area contributed by atoms with E-state index >= 15 is 0 Å². The van der Waals surface area contributed by atoms with Crippen molar-refractivity contribution >= 4 is 29.3 Å². The van der Waals surface area contributed by atoms with Crippen LogP contribution in [0.2, 0.25) is 0 Å². The molecule has 1 atom stereocenters. The maximum atomic E-state index is 13.2. The summed E-state index contributed by atoms with van der Waals surface area (Å²) in [5.74, 6) is -1.13. The van der Waals surface area contributed by atoms with Crippen molar-refractivity contribution in [1.82, 2.24) is 15.1 Å². The smallest absolute Gasteiger partial charge is 0.264 e. The molecule has 2 fully saturated rings. The Kier molecular flexibility index (Phi) is 6.87. The summed E-state index contributed by atoms with van der Waals surface area (Å²) < 4.78 is 0. The second-order valence-corrected chi connectivity index (χ2v) is 9.97. The van der Waals surface area contributed by atoms with Crippen LogP contribution in [0.4, 0.5) is 5.69 Å². The van der Waals surface area contributed by atoms with Crippen molar-refractivity contribution in [2.45, 2.75) is 58.2 Å². The second-order valence-electron chi connectivity index (χ2n) is 9.97. The van der Waals surface area contributed by atoms with Gasteiger partial charge in [-0.2, -0.15) is 0 Å². The number of rotatable bonds is 7. The molecule has 2 aromatic rings. The van der Waals surface area contributed by atoms with Crippen molar-refractivity contribution in [2.24, 2.45) is 5.92 Å². The molecule has 8 nitrogen and oxygen atoms in total. The molecule has 5 rings (SSSR count). The van der Waals surface area contributed by atoms with Crippen molar-refractivity contribution in [3.05, 3.63) is 64.7 Å². The number of likely N-dealkylation sites (tertiary alicyclic amines) is 1. The number of amides is 4. The Balaban J connectivity index is 1.23. The van der Waals surface area contributed by atoms with Gasteiger partial charge in [0.05, 0.1) is 11.1 Å². The van der Waals surface area contributed by atoms with Crippen LogP contribution in [0.15, 0.2) is 42.5 Å². The van der Waals surface area contributed by atoms with E-state index in [1.807, 2.05) is 0 Å². The zero-order valence-corrected chi connectivity index (χ0v) is 20.6. The van der Waals surface area contributed by atoms with Gasteiger partial charge in [0, 0.05) is 25.2 Å². The summed E-state index contributed by atoms with van der Waals surface area (Å²) in [6.07, 6.45) is 4.07. The lowest BCUT2D eigenvalue weighted by molar-refractivity contribution is -0.136. The minimum atomic E-state index is -0.969. The molecule has 0 spiro atoms. The lowest BCUT2D eigenvalue weighted by atomic mass is 9.94. The quantitative estimate of drug-likeness (QED) is 0.580. The van der Waals surface area contributed by atoms with Crippen LogP contribution in [-0.2, 0) is 22.7 Å². The van der Waals surface area contributed by atoms with E-state index in [9.17, 15) is 19.2 Å². The predicted molar refractivity (Wildman–Crippen MR) is 135 cm³/mol. The van der Waals surface area contributed by atoms with Crippen LogP contribution in [0.1, 0.15) is 70.9 Å². The van der Waals surface area contributed by atoms with Gasteiger partial charge < -0.3 is 5.32 Å². The molecule has 0 radical (unpaired) electrons. The lowest BCUT2D eigenvalue weighted by Gasteiger charge is -2.31. The minimum Gasteiger partial charge on any atom is -0.380 e. The summed E-state index contributed by atoms with van der Waals surface area (Å²) in [5.41, 5.74) is 3.47. The Labute approximate surface area is 211 Å². The maximum Gasteiger partial charge on any atom is 0.264 e. The molecule has 3 aliphatic rings. The first-order valence-electron chi connectivity index (χ1n) is 12.8. The van der Waals surface area contributed by atoms with Gasteiger partial charge in [-0.15, -0.1) is 0 Å². The molecule has 2 N–H and O–H groups in total. The van der Waals surface area contributed by atoms with Crippen LogP contribution in [0.5, 0.6) is 0 Å². The highest BCUT2D eigenvalue weighted by Gasteiger charge is 2.45. The highest BCUT2D eigenvalue weighted by Crippen LogP contribution is 2.32. The number of carbonyl (C=O) groups is 4. The van der Waals surface area contributed by atoms with Crippen LogP contribution in [-0.4, -0.2) is 52.6 Å². The van der Waals surface area contributed by atoms with Gasteiger partial charge in [-0.25, -0.2) is 0 Å². The van der Waals surface area contributed by atoms with Gasteiger partial charge in [0.1, 0.15) is 6.04 Å². The van der Waals surface area contributed by atoms with Crippen molar-refractivity contribution < 1.29 is 19.2 Å². The Morgan fingerprint density at radius 3 is 2.33 bits per heavy atom. The summed E-state index contributed by atoms with van der Waals surface area (Å²) in [6, 6.07) is 12.6. The Morgan fingerprint density at radius 1 is 0.917 bits per heavy atom. The number of anilines is 1. The lowest BCUT2D eigenvalue weighted by Crippen LogP contribution is -2.54. The number of hydrogen-bond donors (Lipinski definition) is 2. The van der Waals surface area contributed by atoms with Crippen molar-refractivity contribution in [2.75, 3.05) is 18.4 Å². The van der Waals surface area contributed by atoms with Crippen LogP contribution in [0, 0.1) is 5.92 Å². The molecule has 3 aliphatic heterocycles. The molecule has 0 aromatic heterocycles. The van der Waals surface area contributed by atoms with E-state index in [1.54, 1.807) is 18.2 Å². The molecule has 0 bridgehead atoms. The largest absolute Gasteiger partial charge is 0.380 e. The molecule has 3 heterocycles. The Morgan fingerprint density at radius 2 is 1.64 bits per heavy atom. The molecule has 2 aromatic carbocycles. The van der Waals surface area contributed by atoms with E-state index < -0.39 is 23.8 Å². The van der Waals surface area contributed by atoms with E-state index in [4.69, 9.17) is 0 Å². The van der Waals surface area contributed by atoms with E-state index in [0.717, 1.165) is 36.0 Å². The molecular weight excluding hydrogens is 456 g/mol. The average molecular weight is 489 g/mol. The third kappa shape index (κ3) is 4.78. The molecule has 2 saturated heterocycles. The third-order valence-corrected chi connectivity index (χ3v) is 7.66. The van der Waals surface area contributed by atoms with Crippen molar-refractivity contribution in [1.29, 1.82) is 0 Å². The number of nitrogens with one attached hydrogen (secondary N) is 2. The first-order chi connectivity index (χ1) is 17.4. The van der Waals surface area contributed by atoms with E-state index in [1.165, 1.54) is 24.8 Å². The topological polar surface area (TPSA) is 98.8 Å². The van der Waals surface area contributed by atoms with Crippen molar-refractivity contribution in [3.8, 4) is 0 Å². The molecule has 4 amide bonds. The number of benzene rings is 2. The zero-order valence-electron chi connectivity index (χ0n) is 20.6. The summed E-state index contributed by atoms with van der Waals surface area (Å²) >= 11 is 0. The highest BCUT2D eigenvalue weighted by atomic mass is 16.2. The number of fused-ring (bicyclic) bond motifs is 1. The third-order valence-electron chi connectivity index (χ3n) is 7.66. The number of imide groups is 2. The fourth-order valence-corrected chi connectivity index (χ4v) is 5.43. The van der Waals surface area contributed by atoms with Gasteiger partial charge in [-0.05, 0) is 61.5 Å². The molecule has 0 saturated carbocycles. The highest BCUT2D eigenvalue weighted by molar-refractivity contribution is 6.25. The van der Waals surface area contributed by atoms with Crippen LogP contribution in [0.25, 0.3) is 0 Å². The molecule has 0 aliphatic carbocycles. The summed E-state index contributed by atoms with van der Waals surface area (Å²) in [6.45, 7) is 6.05. The summed E-state index contributed by atoms with van der Waals surface area (Å²) in [4.78, 5) is 53.6. The SMILES string of the molecule is CCC1CCN(Cc2ccc(CNc3cccc4c3C(=O)N(C3CCC(=O)NC3=O)C4=O)cc2)CC1. The number of carbonyl (C=O) groups excluding carboxylic acids is 4. The van der Waals surface area contributed by atoms with Gasteiger partial charge in [0.25, 0.3) is 11.8 Å². The number of hydrogen-bond acceptors (Lipinski definition) is 6. The van der Waals surface area contributed by atoms with E-state index in [-0.39, 0.29) is 29.9 Å². The summed E-state index contributed by atoms with van der Waals surface area (Å²) in [5, 5.41) is 5.53. The molecule has 36 heavy (non-hydrogen) atoms. The fraction of sp³-hybridized carbons (Fsp3) is 0.429. The first-order valence-corrected chi connectivity index (χ1v) is 12.8. The van der Waals surface area contributed by atoms with Gasteiger partial charge in [0.15, 0.2) is 0 Å². The molecule has 8 heteroatoms. The van der Waals surface area contributed by atoms with Crippen molar-refractivity contribution in [3.63, 3.8) is 0 Å². The number of nitrogens with zero attached hydrogens (tertiary/aromatic N) is 2. The Bertz CT molecular complexity index is 1180. The van der Waals surface area contributed by atoms with Gasteiger partial charge in [-0.3, -0.25) is 34.3 Å². The monoisotopic (exact) mass is 488 g/mol. The van der Waals surface area contributed by atoms with E-state index in [2.05, 4.69) is 46.7 Å². The molecular formula is C28H32N4O4. The van der Waals surface area contributed by atoms with Gasteiger partial charge >= 0.3 is 0 Å².